The summed E-state index contributed by atoms with van der Waals surface area (Å²) in [4.78, 5) is 10.1. The number of benzene rings is 1. The number of ether oxygens (including phenoxy) is 1. The standard InChI is InChI=1S/C14H20N2O3.ClH/c17-16(18)13-6-8-14(9-7-13)19-11-10-15-12-4-2-1-3-5-12;/h6-9,12,15H,1-5,10-11H2;1H. The van der Waals surface area contributed by atoms with E-state index in [9.17, 15) is 10.1 Å². The van der Waals surface area contributed by atoms with Crippen LogP contribution < -0.4 is 10.1 Å². The molecule has 0 aromatic heterocycles. The third-order valence-corrected chi connectivity index (χ3v) is 3.46. The van der Waals surface area contributed by atoms with Crippen molar-refractivity contribution in [2.75, 3.05) is 13.2 Å². The molecule has 0 atom stereocenters. The molecule has 1 N–H and O–H groups in total. The molecule has 1 aliphatic rings. The third-order valence-electron chi connectivity index (χ3n) is 3.46. The van der Waals surface area contributed by atoms with Crippen molar-refractivity contribution in [2.45, 2.75) is 38.1 Å². The van der Waals surface area contributed by atoms with Gasteiger partial charge in [0.15, 0.2) is 0 Å². The highest BCUT2D eigenvalue weighted by molar-refractivity contribution is 5.85. The summed E-state index contributed by atoms with van der Waals surface area (Å²) in [7, 11) is 0. The normalized spacial score (nSPS) is 15.4. The zero-order valence-electron chi connectivity index (χ0n) is 11.4. The van der Waals surface area contributed by atoms with Crippen LogP contribution in [0.15, 0.2) is 24.3 Å². The van der Waals surface area contributed by atoms with Gasteiger partial charge in [0, 0.05) is 24.7 Å². The molecule has 0 bridgehead atoms. The Labute approximate surface area is 125 Å². The predicted octanol–water partition coefficient (Wildman–Crippen LogP) is 3.32. The topological polar surface area (TPSA) is 64.4 Å². The van der Waals surface area contributed by atoms with Crippen molar-refractivity contribution in [1.29, 1.82) is 0 Å². The molecule has 0 heterocycles. The largest absolute Gasteiger partial charge is 0.492 e. The second kappa shape index (κ2) is 8.76. The Morgan fingerprint density at radius 2 is 1.85 bits per heavy atom. The van der Waals surface area contributed by atoms with Gasteiger partial charge in [0.25, 0.3) is 5.69 Å². The van der Waals surface area contributed by atoms with Gasteiger partial charge < -0.3 is 10.1 Å². The maximum Gasteiger partial charge on any atom is 0.269 e. The smallest absolute Gasteiger partial charge is 0.269 e. The van der Waals surface area contributed by atoms with E-state index in [-0.39, 0.29) is 18.1 Å². The lowest BCUT2D eigenvalue weighted by atomic mass is 9.96. The molecule has 1 aliphatic carbocycles. The van der Waals surface area contributed by atoms with E-state index in [0.29, 0.717) is 18.4 Å². The van der Waals surface area contributed by atoms with Crippen LogP contribution in [0.4, 0.5) is 5.69 Å². The Kier molecular flexibility index (Phi) is 7.33. The van der Waals surface area contributed by atoms with Crippen molar-refractivity contribution in [1.82, 2.24) is 5.32 Å². The first-order valence-corrected chi connectivity index (χ1v) is 6.86. The summed E-state index contributed by atoms with van der Waals surface area (Å²) in [5.74, 6) is 0.677. The van der Waals surface area contributed by atoms with Crippen molar-refractivity contribution in [3.05, 3.63) is 34.4 Å². The monoisotopic (exact) mass is 300 g/mol. The number of nitrogens with zero attached hydrogens (tertiary/aromatic N) is 1. The molecule has 5 nitrogen and oxygen atoms in total. The minimum absolute atomic E-state index is 0. The van der Waals surface area contributed by atoms with E-state index in [1.807, 2.05) is 0 Å². The summed E-state index contributed by atoms with van der Waals surface area (Å²) < 4.78 is 5.55. The van der Waals surface area contributed by atoms with E-state index in [1.54, 1.807) is 12.1 Å². The molecule has 0 amide bonds. The van der Waals surface area contributed by atoms with Crippen molar-refractivity contribution in [2.24, 2.45) is 0 Å². The highest BCUT2D eigenvalue weighted by atomic mass is 35.5. The van der Waals surface area contributed by atoms with Crippen molar-refractivity contribution in [3.8, 4) is 5.75 Å². The van der Waals surface area contributed by atoms with E-state index < -0.39 is 4.92 Å². The summed E-state index contributed by atoms with van der Waals surface area (Å²) in [6, 6.07) is 6.83. The molecule has 20 heavy (non-hydrogen) atoms. The van der Waals surface area contributed by atoms with Crippen molar-refractivity contribution in [3.63, 3.8) is 0 Å². The lowest BCUT2D eigenvalue weighted by Crippen LogP contribution is -2.34. The van der Waals surface area contributed by atoms with Crippen LogP contribution in [0.1, 0.15) is 32.1 Å². The van der Waals surface area contributed by atoms with Crippen LogP contribution in [-0.2, 0) is 0 Å². The number of nitrogens with one attached hydrogen (secondary N) is 1. The molecule has 1 fully saturated rings. The molecule has 0 saturated heterocycles. The second-order valence-electron chi connectivity index (χ2n) is 4.89. The number of rotatable bonds is 6. The number of nitro benzene ring substituents is 1. The van der Waals surface area contributed by atoms with Gasteiger partial charge in [-0.05, 0) is 25.0 Å². The molecular weight excluding hydrogens is 280 g/mol. The van der Waals surface area contributed by atoms with E-state index in [0.717, 1.165) is 6.54 Å². The van der Waals surface area contributed by atoms with Crippen LogP contribution >= 0.6 is 12.4 Å². The average Bonchev–Trinajstić information content (AvgIpc) is 2.45. The lowest BCUT2D eigenvalue weighted by Gasteiger charge is -2.22. The number of hydrogen-bond acceptors (Lipinski definition) is 4. The Bertz CT molecular complexity index is 405. The summed E-state index contributed by atoms with van der Waals surface area (Å²) in [5, 5.41) is 14.0. The summed E-state index contributed by atoms with van der Waals surface area (Å²) in [6.07, 6.45) is 6.52. The van der Waals surface area contributed by atoms with Gasteiger partial charge >= 0.3 is 0 Å². The Balaban J connectivity index is 0.00000200. The van der Waals surface area contributed by atoms with Gasteiger partial charge in [-0.3, -0.25) is 10.1 Å². The second-order valence-corrected chi connectivity index (χ2v) is 4.89. The molecule has 1 aromatic carbocycles. The molecule has 1 aromatic rings. The van der Waals surface area contributed by atoms with E-state index in [2.05, 4.69) is 5.32 Å². The van der Waals surface area contributed by atoms with Gasteiger partial charge in [-0.2, -0.15) is 0 Å². The molecule has 6 heteroatoms. The van der Waals surface area contributed by atoms with Gasteiger partial charge in [-0.1, -0.05) is 19.3 Å². The van der Waals surface area contributed by atoms with Gasteiger partial charge in [0.2, 0.25) is 0 Å². The van der Waals surface area contributed by atoms with Gasteiger partial charge in [0.1, 0.15) is 12.4 Å². The average molecular weight is 301 g/mol. The Morgan fingerprint density at radius 3 is 2.45 bits per heavy atom. The highest BCUT2D eigenvalue weighted by Gasteiger charge is 2.11. The van der Waals surface area contributed by atoms with Crippen molar-refractivity contribution >= 4 is 18.1 Å². The van der Waals surface area contributed by atoms with Gasteiger partial charge in [0.05, 0.1) is 4.92 Å². The highest BCUT2D eigenvalue weighted by Crippen LogP contribution is 2.18. The molecular formula is C14H21ClN2O3. The van der Waals surface area contributed by atoms with Gasteiger partial charge in [-0.25, -0.2) is 0 Å². The van der Waals surface area contributed by atoms with Crippen LogP contribution in [0, 0.1) is 10.1 Å². The fourth-order valence-corrected chi connectivity index (χ4v) is 2.40. The molecule has 0 aliphatic heterocycles. The molecule has 2 rings (SSSR count). The first kappa shape index (κ1) is 16.7. The van der Waals surface area contributed by atoms with Crippen LogP contribution in [0.3, 0.4) is 0 Å². The van der Waals surface area contributed by atoms with Crippen LogP contribution in [0.25, 0.3) is 0 Å². The first-order valence-electron chi connectivity index (χ1n) is 6.86. The van der Waals surface area contributed by atoms with Crippen LogP contribution in [0.2, 0.25) is 0 Å². The van der Waals surface area contributed by atoms with Gasteiger partial charge in [-0.15, -0.1) is 12.4 Å². The first-order chi connectivity index (χ1) is 9.25. The molecule has 0 unspecified atom stereocenters. The molecule has 112 valence electrons. The summed E-state index contributed by atoms with van der Waals surface area (Å²) in [5.41, 5.74) is 0.0904. The van der Waals surface area contributed by atoms with E-state index in [4.69, 9.17) is 4.74 Å². The lowest BCUT2D eigenvalue weighted by molar-refractivity contribution is -0.384. The quantitative estimate of drug-likeness (QED) is 0.497. The maximum atomic E-state index is 10.5. The number of nitro groups is 1. The minimum atomic E-state index is -0.408. The number of hydrogen-bond donors (Lipinski definition) is 1. The summed E-state index contributed by atoms with van der Waals surface area (Å²) >= 11 is 0. The SMILES string of the molecule is Cl.O=[N+]([O-])c1ccc(OCCNC2CCCCC2)cc1. The zero-order chi connectivity index (χ0) is 13.5. The minimum Gasteiger partial charge on any atom is -0.492 e. The predicted molar refractivity (Wildman–Crippen MR) is 80.7 cm³/mol. The molecule has 1 saturated carbocycles. The number of halogens is 1. The number of non-ortho nitro benzene ring substituents is 1. The molecule has 0 radical (unpaired) electrons. The Hall–Kier alpha value is -1.33. The van der Waals surface area contributed by atoms with Crippen LogP contribution in [-0.4, -0.2) is 24.1 Å². The maximum absolute atomic E-state index is 10.5. The Morgan fingerprint density at radius 1 is 1.20 bits per heavy atom. The van der Waals surface area contributed by atoms with Crippen LogP contribution in [0.5, 0.6) is 5.75 Å². The zero-order valence-corrected chi connectivity index (χ0v) is 12.2. The third kappa shape index (κ3) is 5.35. The van der Waals surface area contributed by atoms with E-state index in [1.165, 1.54) is 44.2 Å². The fourth-order valence-electron chi connectivity index (χ4n) is 2.40. The van der Waals surface area contributed by atoms with Crippen molar-refractivity contribution < 1.29 is 9.66 Å². The molecule has 0 spiro atoms. The summed E-state index contributed by atoms with van der Waals surface area (Å²) in [6.45, 7) is 1.41. The fraction of sp³-hybridized carbons (Fsp3) is 0.571. The van der Waals surface area contributed by atoms with E-state index >= 15 is 0 Å².